The first-order chi connectivity index (χ1) is 4.34. The summed E-state index contributed by atoms with van der Waals surface area (Å²) < 4.78 is 0. The minimum absolute atomic E-state index is 0.412. The van der Waals surface area contributed by atoms with Gasteiger partial charge in [0.2, 0.25) is 0 Å². The average Bonchev–Trinajstić information content (AvgIpc) is 2.18. The van der Waals surface area contributed by atoms with Crippen LogP contribution >= 0.6 is 11.3 Å². The van der Waals surface area contributed by atoms with Crippen LogP contribution in [0.1, 0.15) is 5.56 Å². The van der Waals surface area contributed by atoms with Crippen LogP contribution in [0.25, 0.3) is 0 Å². The van der Waals surface area contributed by atoms with Crippen LogP contribution in [0.2, 0.25) is 0 Å². The van der Waals surface area contributed by atoms with Crippen molar-refractivity contribution in [1.29, 1.82) is 0 Å². The number of allylic oxidation sites excluding steroid dienone is 1. The summed E-state index contributed by atoms with van der Waals surface area (Å²) in [6.07, 6.45) is 2.54. The zero-order valence-corrected chi connectivity index (χ0v) is 5.82. The van der Waals surface area contributed by atoms with E-state index in [0.29, 0.717) is 5.06 Å². The predicted octanol–water partition coefficient (Wildman–Crippen LogP) is 2.18. The van der Waals surface area contributed by atoms with E-state index >= 15 is 0 Å². The van der Waals surface area contributed by atoms with E-state index in [1.54, 1.807) is 6.08 Å². The van der Waals surface area contributed by atoms with Crippen molar-refractivity contribution in [1.82, 2.24) is 0 Å². The number of rotatable bonds is 2. The summed E-state index contributed by atoms with van der Waals surface area (Å²) in [6.45, 7) is 3.57. The molecule has 0 atom stereocenters. The van der Waals surface area contributed by atoms with Crippen molar-refractivity contribution < 1.29 is 5.11 Å². The SMILES string of the molecule is C=CCc1ccsc1O. The van der Waals surface area contributed by atoms with Crippen molar-refractivity contribution in [3.8, 4) is 5.06 Å². The van der Waals surface area contributed by atoms with Gasteiger partial charge < -0.3 is 5.11 Å². The van der Waals surface area contributed by atoms with Crippen molar-refractivity contribution in [3.63, 3.8) is 0 Å². The van der Waals surface area contributed by atoms with E-state index in [1.807, 2.05) is 11.4 Å². The lowest BCUT2D eigenvalue weighted by Crippen LogP contribution is -1.72. The molecule has 1 N–H and O–H groups in total. The minimum Gasteiger partial charge on any atom is -0.499 e. The fourth-order valence-corrected chi connectivity index (χ4v) is 1.30. The van der Waals surface area contributed by atoms with Crippen LogP contribution < -0.4 is 0 Å². The Morgan fingerprint density at radius 1 is 1.78 bits per heavy atom. The molecular formula is C7H8OS. The molecule has 0 unspecified atom stereocenters. The van der Waals surface area contributed by atoms with Crippen molar-refractivity contribution in [2.45, 2.75) is 6.42 Å². The standard InChI is InChI=1S/C7H8OS/c1-2-3-6-4-5-9-7(6)8/h2,4-5,8H,1,3H2. The van der Waals surface area contributed by atoms with Gasteiger partial charge in [-0.2, -0.15) is 0 Å². The maximum atomic E-state index is 9.05. The second-order valence-corrected chi connectivity index (χ2v) is 2.64. The predicted molar refractivity (Wildman–Crippen MR) is 39.9 cm³/mol. The Hall–Kier alpha value is -0.760. The van der Waals surface area contributed by atoms with Gasteiger partial charge >= 0.3 is 0 Å². The Morgan fingerprint density at radius 3 is 3.00 bits per heavy atom. The molecule has 0 aliphatic carbocycles. The number of hydrogen-bond donors (Lipinski definition) is 1. The lowest BCUT2D eigenvalue weighted by molar-refractivity contribution is 0.486. The van der Waals surface area contributed by atoms with Crippen LogP contribution in [0.15, 0.2) is 24.1 Å². The topological polar surface area (TPSA) is 20.2 Å². The molecule has 1 rings (SSSR count). The van der Waals surface area contributed by atoms with Gasteiger partial charge in [0.05, 0.1) is 0 Å². The van der Waals surface area contributed by atoms with Gasteiger partial charge in [-0.3, -0.25) is 0 Å². The number of hydrogen-bond acceptors (Lipinski definition) is 2. The molecule has 0 bridgehead atoms. The fourth-order valence-electron chi connectivity index (χ4n) is 0.638. The van der Waals surface area contributed by atoms with E-state index in [9.17, 15) is 0 Å². The highest BCUT2D eigenvalue weighted by Crippen LogP contribution is 2.24. The third kappa shape index (κ3) is 1.33. The highest BCUT2D eigenvalue weighted by Gasteiger charge is 1.96. The maximum Gasteiger partial charge on any atom is 0.174 e. The molecule has 0 spiro atoms. The van der Waals surface area contributed by atoms with Gasteiger partial charge in [0.1, 0.15) is 0 Å². The normalized spacial score (nSPS) is 9.33. The van der Waals surface area contributed by atoms with Crippen LogP contribution in [-0.4, -0.2) is 5.11 Å². The molecule has 1 aromatic heterocycles. The molecule has 2 heteroatoms. The Bertz CT molecular complexity index is 202. The first-order valence-electron chi connectivity index (χ1n) is 2.71. The monoisotopic (exact) mass is 140 g/mol. The van der Waals surface area contributed by atoms with Crippen LogP contribution in [0.4, 0.5) is 0 Å². The molecule has 1 heterocycles. The molecule has 48 valence electrons. The van der Waals surface area contributed by atoms with Crippen molar-refractivity contribution in [2.24, 2.45) is 0 Å². The van der Waals surface area contributed by atoms with Gasteiger partial charge in [0.15, 0.2) is 5.06 Å². The van der Waals surface area contributed by atoms with E-state index in [1.165, 1.54) is 11.3 Å². The van der Waals surface area contributed by atoms with E-state index in [4.69, 9.17) is 5.11 Å². The van der Waals surface area contributed by atoms with E-state index in [0.717, 1.165) is 12.0 Å². The highest BCUT2D eigenvalue weighted by molar-refractivity contribution is 7.11. The van der Waals surface area contributed by atoms with E-state index in [2.05, 4.69) is 6.58 Å². The Balaban J connectivity index is 2.80. The molecule has 0 aromatic carbocycles. The summed E-state index contributed by atoms with van der Waals surface area (Å²) in [5, 5.41) is 11.3. The summed E-state index contributed by atoms with van der Waals surface area (Å²) in [5.41, 5.74) is 0.968. The molecule has 0 saturated heterocycles. The van der Waals surface area contributed by atoms with E-state index < -0.39 is 0 Å². The summed E-state index contributed by atoms with van der Waals surface area (Å²) in [6, 6.07) is 1.90. The van der Waals surface area contributed by atoms with Gasteiger partial charge in [0.25, 0.3) is 0 Å². The summed E-state index contributed by atoms with van der Waals surface area (Å²) >= 11 is 1.35. The largest absolute Gasteiger partial charge is 0.499 e. The molecule has 1 aromatic rings. The summed E-state index contributed by atoms with van der Waals surface area (Å²) in [7, 11) is 0. The van der Waals surface area contributed by atoms with Crippen LogP contribution in [0.5, 0.6) is 5.06 Å². The lowest BCUT2D eigenvalue weighted by Gasteiger charge is -1.88. The van der Waals surface area contributed by atoms with E-state index in [-0.39, 0.29) is 0 Å². The number of aromatic hydroxyl groups is 1. The fraction of sp³-hybridized carbons (Fsp3) is 0.143. The van der Waals surface area contributed by atoms with Crippen molar-refractivity contribution in [2.75, 3.05) is 0 Å². The Kier molecular flexibility index (Phi) is 1.90. The van der Waals surface area contributed by atoms with Gasteiger partial charge in [-0.25, -0.2) is 0 Å². The van der Waals surface area contributed by atoms with Gasteiger partial charge in [-0.05, 0) is 17.9 Å². The molecule has 0 radical (unpaired) electrons. The molecule has 0 aliphatic heterocycles. The second-order valence-electron chi connectivity index (χ2n) is 1.74. The Labute approximate surface area is 58.3 Å². The second kappa shape index (κ2) is 2.69. The molecule has 9 heavy (non-hydrogen) atoms. The van der Waals surface area contributed by atoms with Gasteiger partial charge in [-0.15, -0.1) is 17.9 Å². The minimum atomic E-state index is 0.412. The molecule has 1 nitrogen and oxygen atoms in total. The Morgan fingerprint density at radius 2 is 2.56 bits per heavy atom. The first kappa shape index (κ1) is 6.36. The molecule has 0 aliphatic rings. The third-order valence-electron chi connectivity index (χ3n) is 1.09. The molecule has 0 amide bonds. The van der Waals surface area contributed by atoms with Crippen molar-refractivity contribution in [3.05, 3.63) is 29.7 Å². The zero-order valence-electron chi connectivity index (χ0n) is 5.00. The number of thiophene rings is 1. The summed E-state index contributed by atoms with van der Waals surface area (Å²) in [5.74, 6) is 0. The summed E-state index contributed by atoms with van der Waals surface area (Å²) in [4.78, 5) is 0. The molecule has 0 saturated carbocycles. The molecule has 0 fully saturated rings. The van der Waals surface area contributed by atoms with Gasteiger partial charge in [0, 0.05) is 5.56 Å². The smallest absolute Gasteiger partial charge is 0.174 e. The van der Waals surface area contributed by atoms with Crippen LogP contribution in [0.3, 0.4) is 0 Å². The maximum absolute atomic E-state index is 9.05. The third-order valence-corrected chi connectivity index (χ3v) is 1.85. The quantitative estimate of drug-likeness (QED) is 0.624. The van der Waals surface area contributed by atoms with Crippen LogP contribution in [0, 0.1) is 0 Å². The zero-order chi connectivity index (χ0) is 6.69. The molecular weight excluding hydrogens is 132 g/mol. The highest BCUT2D eigenvalue weighted by atomic mass is 32.1. The van der Waals surface area contributed by atoms with Gasteiger partial charge in [-0.1, -0.05) is 6.08 Å². The lowest BCUT2D eigenvalue weighted by atomic mass is 10.2. The average molecular weight is 140 g/mol. The first-order valence-corrected chi connectivity index (χ1v) is 3.59. The van der Waals surface area contributed by atoms with Crippen LogP contribution in [-0.2, 0) is 6.42 Å². The van der Waals surface area contributed by atoms with Crippen molar-refractivity contribution >= 4 is 11.3 Å².